The molecule has 1 aliphatic rings. The molecule has 2 nitrogen and oxygen atoms in total. The van der Waals surface area contributed by atoms with Gasteiger partial charge in [-0.3, -0.25) is 0 Å². The Morgan fingerprint density at radius 3 is 2.94 bits per heavy atom. The molecule has 1 aromatic rings. The van der Waals surface area contributed by atoms with Crippen molar-refractivity contribution < 1.29 is 4.74 Å². The molecule has 1 saturated heterocycles. The third kappa shape index (κ3) is 3.47. The van der Waals surface area contributed by atoms with Crippen molar-refractivity contribution in [1.29, 1.82) is 0 Å². The molecular weight excluding hydrogens is 246 g/mol. The molecule has 0 spiro atoms. The summed E-state index contributed by atoms with van der Waals surface area (Å²) in [7, 11) is 2.03. The monoisotopic (exact) mass is 267 g/mol. The van der Waals surface area contributed by atoms with Crippen LogP contribution in [0, 0.1) is 12.8 Å². The SMILES string of the molecule is CNC(Cc1ccc(C)cc1Cl)C1CCCOC1. The van der Waals surface area contributed by atoms with Gasteiger partial charge in [0.2, 0.25) is 0 Å². The predicted molar refractivity (Wildman–Crippen MR) is 76.3 cm³/mol. The highest BCUT2D eigenvalue weighted by molar-refractivity contribution is 6.31. The number of hydrogen-bond donors (Lipinski definition) is 1. The summed E-state index contributed by atoms with van der Waals surface area (Å²) in [6.45, 7) is 3.85. The maximum absolute atomic E-state index is 6.31. The van der Waals surface area contributed by atoms with Crippen molar-refractivity contribution in [2.75, 3.05) is 20.3 Å². The number of ether oxygens (including phenoxy) is 1. The lowest BCUT2D eigenvalue weighted by Crippen LogP contribution is -2.39. The van der Waals surface area contributed by atoms with Crippen molar-refractivity contribution in [3.8, 4) is 0 Å². The van der Waals surface area contributed by atoms with Crippen LogP contribution in [-0.4, -0.2) is 26.3 Å². The number of nitrogens with one attached hydrogen (secondary N) is 1. The van der Waals surface area contributed by atoms with E-state index >= 15 is 0 Å². The first-order chi connectivity index (χ1) is 8.70. The van der Waals surface area contributed by atoms with Crippen molar-refractivity contribution in [3.63, 3.8) is 0 Å². The van der Waals surface area contributed by atoms with Crippen LogP contribution >= 0.6 is 11.6 Å². The van der Waals surface area contributed by atoms with Gasteiger partial charge in [-0.15, -0.1) is 0 Å². The molecule has 1 N–H and O–H groups in total. The van der Waals surface area contributed by atoms with E-state index in [0.717, 1.165) is 24.7 Å². The Morgan fingerprint density at radius 1 is 1.50 bits per heavy atom. The fourth-order valence-corrected chi connectivity index (χ4v) is 2.95. The number of aryl methyl sites for hydroxylation is 1. The summed E-state index contributed by atoms with van der Waals surface area (Å²) >= 11 is 6.31. The molecule has 2 rings (SSSR count). The van der Waals surface area contributed by atoms with E-state index in [1.807, 2.05) is 13.1 Å². The van der Waals surface area contributed by atoms with Crippen LogP contribution in [0.3, 0.4) is 0 Å². The van der Waals surface area contributed by atoms with E-state index in [0.29, 0.717) is 12.0 Å². The summed E-state index contributed by atoms with van der Waals surface area (Å²) < 4.78 is 5.58. The summed E-state index contributed by atoms with van der Waals surface area (Å²) in [5.74, 6) is 0.598. The molecule has 0 amide bonds. The molecule has 3 heteroatoms. The first kappa shape index (κ1) is 13.9. The van der Waals surface area contributed by atoms with Crippen molar-refractivity contribution in [1.82, 2.24) is 5.32 Å². The first-order valence-electron chi connectivity index (χ1n) is 6.70. The Labute approximate surface area is 115 Å². The second-order valence-corrected chi connectivity index (χ2v) is 5.58. The third-order valence-corrected chi connectivity index (χ3v) is 4.14. The van der Waals surface area contributed by atoms with Gasteiger partial charge >= 0.3 is 0 Å². The van der Waals surface area contributed by atoms with Crippen molar-refractivity contribution in [2.24, 2.45) is 5.92 Å². The minimum atomic E-state index is 0.450. The van der Waals surface area contributed by atoms with E-state index in [1.54, 1.807) is 0 Å². The Hall–Kier alpha value is -0.570. The summed E-state index contributed by atoms with van der Waals surface area (Å²) in [6.07, 6.45) is 3.39. The zero-order chi connectivity index (χ0) is 13.0. The van der Waals surface area contributed by atoms with Crippen molar-refractivity contribution >= 4 is 11.6 Å². The van der Waals surface area contributed by atoms with Gasteiger partial charge in [-0.1, -0.05) is 23.7 Å². The highest BCUT2D eigenvalue weighted by Crippen LogP contribution is 2.24. The second-order valence-electron chi connectivity index (χ2n) is 5.17. The van der Waals surface area contributed by atoms with E-state index in [2.05, 4.69) is 24.4 Å². The van der Waals surface area contributed by atoms with E-state index in [1.165, 1.54) is 24.0 Å². The van der Waals surface area contributed by atoms with Gasteiger partial charge < -0.3 is 10.1 Å². The maximum atomic E-state index is 6.31. The molecule has 2 unspecified atom stereocenters. The average Bonchev–Trinajstić information content (AvgIpc) is 2.39. The van der Waals surface area contributed by atoms with Crippen LogP contribution in [0.1, 0.15) is 24.0 Å². The Morgan fingerprint density at radius 2 is 2.33 bits per heavy atom. The zero-order valence-electron chi connectivity index (χ0n) is 11.2. The fraction of sp³-hybridized carbons (Fsp3) is 0.600. The summed E-state index contributed by atoms with van der Waals surface area (Å²) in [5.41, 5.74) is 2.44. The topological polar surface area (TPSA) is 21.3 Å². The van der Waals surface area contributed by atoms with Gasteiger partial charge in [0.15, 0.2) is 0 Å². The summed E-state index contributed by atoms with van der Waals surface area (Å²) in [4.78, 5) is 0. The molecule has 0 aliphatic carbocycles. The average molecular weight is 268 g/mol. The van der Waals surface area contributed by atoms with Crippen LogP contribution in [0.2, 0.25) is 5.02 Å². The van der Waals surface area contributed by atoms with Gasteiger partial charge in [-0.25, -0.2) is 0 Å². The molecule has 0 aromatic heterocycles. The number of rotatable bonds is 4. The number of halogens is 1. The Bertz CT molecular complexity index is 388. The Kier molecular flexibility index (Phi) is 5.04. The van der Waals surface area contributed by atoms with Crippen LogP contribution < -0.4 is 5.32 Å². The lowest BCUT2D eigenvalue weighted by molar-refractivity contribution is 0.0405. The standard InChI is InChI=1S/C15H22ClNO/c1-11-5-6-12(14(16)8-11)9-15(17-2)13-4-3-7-18-10-13/h5-6,8,13,15,17H,3-4,7,9-10H2,1-2H3. The zero-order valence-corrected chi connectivity index (χ0v) is 12.0. The van der Waals surface area contributed by atoms with Gasteiger partial charge in [-0.05, 0) is 56.3 Å². The fourth-order valence-electron chi connectivity index (χ4n) is 2.64. The number of benzene rings is 1. The van der Waals surface area contributed by atoms with Crippen LogP contribution in [0.4, 0.5) is 0 Å². The minimum absolute atomic E-state index is 0.450. The van der Waals surface area contributed by atoms with Crippen LogP contribution in [-0.2, 0) is 11.2 Å². The summed E-state index contributed by atoms with van der Waals surface area (Å²) in [5, 5.41) is 4.30. The maximum Gasteiger partial charge on any atom is 0.0509 e. The van der Waals surface area contributed by atoms with Crippen LogP contribution in [0.15, 0.2) is 18.2 Å². The molecule has 100 valence electrons. The van der Waals surface area contributed by atoms with E-state index in [9.17, 15) is 0 Å². The smallest absolute Gasteiger partial charge is 0.0509 e. The van der Waals surface area contributed by atoms with E-state index in [4.69, 9.17) is 16.3 Å². The van der Waals surface area contributed by atoms with Gasteiger partial charge in [0.05, 0.1) is 6.61 Å². The van der Waals surface area contributed by atoms with E-state index < -0.39 is 0 Å². The molecule has 2 atom stereocenters. The second kappa shape index (κ2) is 6.55. The molecule has 0 bridgehead atoms. The quantitative estimate of drug-likeness (QED) is 0.905. The highest BCUT2D eigenvalue weighted by Gasteiger charge is 2.23. The molecule has 1 aromatic carbocycles. The predicted octanol–water partition coefficient (Wildman–Crippen LogP) is 3.21. The third-order valence-electron chi connectivity index (χ3n) is 3.78. The molecule has 1 fully saturated rings. The molecule has 0 saturated carbocycles. The molecule has 0 radical (unpaired) electrons. The van der Waals surface area contributed by atoms with Gasteiger partial charge in [0.25, 0.3) is 0 Å². The minimum Gasteiger partial charge on any atom is -0.381 e. The van der Waals surface area contributed by atoms with Gasteiger partial charge in [-0.2, -0.15) is 0 Å². The molecule has 1 heterocycles. The highest BCUT2D eigenvalue weighted by atomic mass is 35.5. The van der Waals surface area contributed by atoms with Gasteiger partial charge in [0, 0.05) is 17.7 Å². The lowest BCUT2D eigenvalue weighted by Gasteiger charge is -2.30. The van der Waals surface area contributed by atoms with Crippen molar-refractivity contribution in [2.45, 2.75) is 32.2 Å². The van der Waals surface area contributed by atoms with Crippen LogP contribution in [0.25, 0.3) is 0 Å². The van der Waals surface area contributed by atoms with Gasteiger partial charge in [0.1, 0.15) is 0 Å². The number of hydrogen-bond acceptors (Lipinski definition) is 2. The largest absolute Gasteiger partial charge is 0.381 e. The molecular formula is C15H22ClNO. The van der Waals surface area contributed by atoms with E-state index in [-0.39, 0.29) is 0 Å². The summed E-state index contributed by atoms with van der Waals surface area (Å²) in [6, 6.07) is 6.77. The first-order valence-corrected chi connectivity index (χ1v) is 7.08. The van der Waals surface area contributed by atoms with Crippen LogP contribution in [0.5, 0.6) is 0 Å². The lowest BCUT2D eigenvalue weighted by atomic mass is 9.89. The molecule has 1 aliphatic heterocycles. The van der Waals surface area contributed by atoms with Crippen molar-refractivity contribution in [3.05, 3.63) is 34.3 Å². The normalized spacial score (nSPS) is 21.8. The molecule has 18 heavy (non-hydrogen) atoms. The Balaban J connectivity index is 2.04. The number of likely N-dealkylation sites (N-methyl/N-ethyl adjacent to an activating group) is 1.